The molecule has 2 rings (SSSR count). The van der Waals surface area contributed by atoms with E-state index in [9.17, 15) is 19.5 Å². The van der Waals surface area contributed by atoms with Gasteiger partial charge in [0.05, 0.1) is 7.11 Å². The fourth-order valence-electron chi connectivity index (χ4n) is 3.93. The first kappa shape index (κ1) is 30.5. The number of phenolic OH excluding ortho intramolecular Hbond substituents is 1. The maximum absolute atomic E-state index is 13.8. The van der Waals surface area contributed by atoms with Gasteiger partial charge in [0.2, 0.25) is 5.91 Å². The number of nitrogens with one attached hydrogen (secondary N) is 2. The van der Waals surface area contributed by atoms with Gasteiger partial charge in [-0.3, -0.25) is 9.59 Å². The van der Waals surface area contributed by atoms with Gasteiger partial charge in [-0.05, 0) is 76.8 Å². The molecule has 208 valence electrons. The molecule has 3 N–H and O–H groups in total. The van der Waals surface area contributed by atoms with Crippen LogP contribution in [0.25, 0.3) is 0 Å². The molecular weight excluding hydrogens is 486 g/mol. The molecule has 0 aromatic heterocycles. The van der Waals surface area contributed by atoms with Crippen LogP contribution in [0.4, 0.5) is 10.5 Å². The predicted molar refractivity (Wildman–Crippen MR) is 147 cm³/mol. The number of alkyl carbamates (subject to hydrolysis) is 1. The Morgan fingerprint density at radius 2 is 1.61 bits per heavy atom. The molecule has 0 aliphatic heterocycles. The fraction of sp³-hybridized carbons (Fsp3) is 0.483. The number of nitrogens with zero attached hydrogens (tertiary/aromatic N) is 1. The second-order valence-electron chi connectivity index (χ2n) is 10.7. The van der Waals surface area contributed by atoms with Gasteiger partial charge in [0, 0.05) is 17.3 Å². The largest absolute Gasteiger partial charge is 0.508 e. The minimum Gasteiger partial charge on any atom is -0.508 e. The summed E-state index contributed by atoms with van der Waals surface area (Å²) in [5.41, 5.74) is 0.0550. The summed E-state index contributed by atoms with van der Waals surface area (Å²) < 4.78 is 10.5. The Morgan fingerprint density at radius 3 is 2.16 bits per heavy atom. The van der Waals surface area contributed by atoms with Gasteiger partial charge in [-0.25, -0.2) is 4.79 Å². The van der Waals surface area contributed by atoms with E-state index in [1.54, 1.807) is 70.3 Å². The number of benzene rings is 2. The standard InChI is InChI=1S/C29H41N3O6/c1-19(2)12-13-20(3)32(25(34)18-30-28(36)38-29(4,5)6)26(23-10-8-9-11-24(23)33)27(35)31-21-14-16-22(37-7)17-15-21/h8-11,14-17,19-20,26,33H,12-13,18H2,1-7H3,(H,30,36)(H,31,35). The molecule has 0 spiro atoms. The van der Waals surface area contributed by atoms with E-state index >= 15 is 0 Å². The molecule has 0 fully saturated rings. The van der Waals surface area contributed by atoms with E-state index in [0.717, 1.165) is 6.42 Å². The molecule has 0 heterocycles. The minimum atomic E-state index is -1.16. The average Bonchev–Trinajstić information content (AvgIpc) is 2.84. The van der Waals surface area contributed by atoms with Crippen molar-refractivity contribution in [2.75, 3.05) is 19.0 Å². The van der Waals surface area contributed by atoms with Gasteiger partial charge in [-0.2, -0.15) is 0 Å². The Labute approximate surface area is 225 Å². The first-order chi connectivity index (χ1) is 17.8. The topological polar surface area (TPSA) is 117 Å². The first-order valence-corrected chi connectivity index (χ1v) is 12.8. The number of hydrogen-bond acceptors (Lipinski definition) is 6. The number of rotatable bonds is 11. The number of carbonyl (C=O) groups excluding carboxylic acids is 3. The van der Waals surface area contributed by atoms with Crippen molar-refractivity contribution in [3.05, 3.63) is 54.1 Å². The maximum Gasteiger partial charge on any atom is 0.408 e. The minimum absolute atomic E-state index is 0.114. The van der Waals surface area contributed by atoms with Gasteiger partial charge >= 0.3 is 6.09 Å². The van der Waals surface area contributed by atoms with E-state index in [2.05, 4.69) is 24.5 Å². The molecule has 38 heavy (non-hydrogen) atoms. The summed E-state index contributed by atoms with van der Waals surface area (Å²) in [4.78, 5) is 41.1. The zero-order valence-electron chi connectivity index (χ0n) is 23.4. The van der Waals surface area contributed by atoms with E-state index in [1.807, 2.05) is 6.92 Å². The van der Waals surface area contributed by atoms with Crippen molar-refractivity contribution in [2.24, 2.45) is 5.92 Å². The number of ether oxygens (including phenoxy) is 2. The first-order valence-electron chi connectivity index (χ1n) is 12.8. The smallest absolute Gasteiger partial charge is 0.408 e. The van der Waals surface area contributed by atoms with Crippen LogP contribution in [-0.4, -0.2) is 53.2 Å². The van der Waals surface area contributed by atoms with Crippen LogP contribution in [0.3, 0.4) is 0 Å². The summed E-state index contributed by atoms with van der Waals surface area (Å²) in [6.45, 7) is 10.8. The Balaban J connectivity index is 2.45. The number of phenols is 1. The van der Waals surface area contributed by atoms with Crippen molar-refractivity contribution in [1.29, 1.82) is 0 Å². The molecule has 9 heteroatoms. The van der Waals surface area contributed by atoms with Crippen LogP contribution in [0.2, 0.25) is 0 Å². The predicted octanol–water partition coefficient (Wildman–Crippen LogP) is 5.26. The highest BCUT2D eigenvalue weighted by Crippen LogP contribution is 2.33. The Kier molecular flexibility index (Phi) is 11.0. The summed E-state index contributed by atoms with van der Waals surface area (Å²) >= 11 is 0. The molecule has 0 aliphatic rings. The van der Waals surface area contributed by atoms with Crippen molar-refractivity contribution in [3.63, 3.8) is 0 Å². The fourth-order valence-corrected chi connectivity index (χ4v) is 3.93. The summed E-state index contributed by atoms with van der Waals surface area (Å²) in [5.74, 6) is -0.0844. The number of methoxy groups -OCH3 is 1. The Bertz CT molecular complexity index is 1080. The summed E-state index contributed by atoms with van der Waals surface area (Å²) in [6.07, 6.45) is 0.704. The number of anilines is 1. The summed E-state index contributed by atoms with van der Waals surface area (Å²) in [7, 11) is 1.55. The second-order valence-corrected chi connectivity index (χ2v) is 10.7. The number of carbonyl (C=O) groups is 3. The van der Waals surface area contributed by atoms with Crippen LogP contribution in [0.1, 0.15) is 66.0 Å². The van der Waals surface area contributed by atoms with Crippen molar-refractivity contribution in [3.8, 4) is 11.5 Å². The average molecular weight is 528 g/mol. The number of amides is 3. The lowest BCUT2D eigenvalue weighted by molar-refractivity contribution is -0.141. The number of aromatic hydroxyl groups is 1. The van der Waals surface area contributed by atoms with Crippen LogP contribution < -0.4 is 15.4 Å². The van der Waals surface area contributed by atoms with Crippen LogP contribution >= 0.6 is 0 Å². The quantitative estimate of drug-likeness (QED) is 0.367. The monoisotopic (exact) mass is 527 g/mol. The van der Waals surface area contributed by atoms with Gasteiger partial charge in [-0.15, -0.1) is 0 Å². The molecule has 0 aliphatic carbocycles. The van der Waals surface area contributed by atoms with Crippen LogP contribution in [-0.2, 0) is 14.3 Å². The van der Waals surface area contributed by atoms with Crippen molar-refractivity contribution < 1.29 is 29.0 Å². The Morgan fingerprint density at radius 1 is 0.974 bits per heavy atom. The number of hydrogen-bond donors (Lipinski definition) is 3. The molecule has 0 bridgehead atoms. The van der Waals surface area contributed by atoms with Crippen LogP contribution in [0, 0.1) is 5.92 Å². The Hall–Kier alpha value is -3.75. The highest BCUT2D eigenvalue weighted by Gasteiger charge is 2.36. The van der Waals surface area contributed by atoms with E-state index in [4.69, 9.17) is 9.47 Å². The van der Waals surface area contributed by atoms with Crippen LogP contribution in [0.5, 0.6) is 11.5 Å². The van der Waals surface area contributed by atoms with E-state index in [1.165, 1.54) is 11.0 Å². The lowest BCUT2D eigenvalue weighted by Crippen LogP contribution is -2.50. The molecule has 9 nitrogen and oxygen atoms in total. The van der Waals surface area contributed by atoms with Crippen molar-refractivity contribution >= 4 is 23.6 Å². The molecular formula is C29H41N3O6. The van der Waals surface area contributed by atoms with Crippen LogP contribution in [0.15, 0.2) is 48.5 Å². The molecule has 0 saturated carbocycles. The highest BCUT2D eigenvalue weighted by molar-refractivity contribution is 5.99. The third kappa shape index (κ3) is 9.28. The van der Waals surface area contributed by atoms with Gasteiger partial charge in [0.25, 0.3) is 5.91 Å². The van der Waals surface area contributed by atoms with Gasteiger partial charge in [-0.1, -0.05) is 32.0 Å². The molecule has 2 unspecified atom stereocenters. The third-order valence-electron chi connectivity index (χ3n) is 5.82. The van der Waals surface area contributed by atoms with E-state index < -0.39 is 29.6 Å². The summed E-state index contributed by atoms with van der Waals surface area (Å²) in [5, 5.41) is 16.1. The van der Waals surface area contributed by atoms with Gasteiger partial charge in [0.1, 0.15) is 29.7 Å². The third-order valence-corrected chi connectivity index (χ3v) is 5.82. The summed E-state index contributed by atoms with van der Waals surface area (Å²) in [6, 6.07) is 11.7. The normalized spacial score (nSPS) is 12.8. The maximum atomic E-state index is 13.8. The molecule has 2 aromatic rings. The molecule has 2 aromatic carbocycles. The van der Waals surface area contributed by atoms with Gasteiger partial charge in [0.15, 0.2) is 0 Å². The van der Waals surface area contributed by atoms with Crippen molar-refractivity contribution in [1.82, 2.24) is 10.2 Å². The van der Waals surface area contributed by atoms with Gasteiger partial charge < -0.3 is 30.1 Å². The zero-order chi connectivity index (χ0) is 28.5. The van der Waals surface area contributed by atoms with E-state index in [-0.39, 0.29) is 23.9 Å². The number of para-hydroxylation sites is 1. The van der Waals surface area contributed by atoms with E-state index in [0.29, 0.717) is 23.8 Å². The lowest BCUT2D eigenvalue weighted by Gasteiger charge is -2.37. The molecule has 0 radical (unpaired) electrons. The molecule has 3 amide bonds. The highest BCUT2D eigenvalue weighted by atomic mass is 16.6. The molecule has 0 saturated heterocycles. The second kappa shape index (κ2) is 13.7. The zero-order valence-corrected chi connectivity index (χ0v) is 23.4. The van der Waals surface area contributed by atoms with Crippen molar-refractivity contribution in [2.45, 2.75) is 72.1 Å². The lowest BCUT2D eigenvalue weighted by atomic mass is 9.97. The SMILES string of the molecule is COc1ccc(NC(=O)C(c2ccccc2O)N(C(=O)CNC(=O)OC(C)(C)C)C(C)CCC(C)C)cc1. The molecule has 2 atom stereocenters.